The lowest BCUT2D eigenvalue weighted by molar-refractivity contribution is -0.128. The molecule has 1 rings (SSSR count). The van der Waals surface area contributed by atoms with Crippen LogP contribution in [0, 0.1) is 5.82 Å². The van der Waals surface area contributed by atoms with Crippen LogP contribution < -0.4 is 15.8 Å². The van der Waals surface area contributed by atoms with Gasteiger partial charge in [-0.3, -0.25) is 4.79 Å². The number of nitrogens with two attached hydrogens (primary N) is 1. The molecule has 0 radical (unpaired) electrons. The number of benzene rings is 1. The van der Waals surface area contributed by atoms with Gasteiger partial charge in [0.25, 0.3) is 5.91 Å². The van der Waals surface area contributed by atoms with Crippen LogP contribution in [0.25, 0.3) is 0 Å². The largest absolute Gasteiger partial charge is 0.479 e. The first-order valence-electron chi connectivity index (χ1n) is 6.50. The molecule has 0 saturated heterocycles. The number of ether oxygens (including phenoxy) is 1. The Morgan fingerprint density at radius 3 is 2.58 bits per heavy atom. The second-order valence-electron chi connectivity index (χ2n) is 4.46. The van der Waals surface area contributed by atoms with Crippen molar-refractivity contribution in [1.29, 1.82) is 0 Å². The number of hydrogen-bond donors (Lipinski definition) is 2. The van der Waals surface area contributed by atoms with Gasteiger partial charge in [-0.2, -0.15) is 0 Å². The molecule has 1 aromatic rings. The second kappa shape index (κ2) is 6.97. The van der Waals surface area contributed by atoms with Gasteiger partial charge >= 0.3 is 0 Å². The maximum absolute atomic E-state index is 12.9. The first-order valence-corrected chi connectivity index (χ1v) is 6.50. The minimum absolute atomic E-state index is 0.143. The quantitative estimate of drug-likeness (QED) is 0.779. The molecule has 19 heavy (non-hydrogen) atoms. The summed E-state index contributed by atoms with van der Waals surface area (Å²) in [6.45, 7) is 5.66. The molecule has 3 N–H and O–H groups in total. The fourth-order valence-corrected chi connectivity index (χ4v) is 1.68. The third-order valence-electron chi connectivity index (χ3n) is 2.98. The van der Waals surface area contributed by atoms with Gasteiger partial charge in [0, 0.05) is 12.1 Å². The predicted octanol–water partition coefficient (Wildman–Crippen LogP) is 2.48. The average Bonchev–Trinajstić information content (AvgIpc) is 2.38. The first kappa shape index (κ1) is 15.3. The summed E-state index contributed by atoms with van der Waals surface area (Å²) in [6.07, 6.45) is 1.06. The van der Waals surface area contributed by atoms with Gasteiger partial charge in [0.2, 0.25) is 0 Å². The fourth-order valence-electron chi connectivity index (χ4n) is 1.68. The van der Waals surface area contributed by atoms with E-state index in [1.165, 1.54) is 18.2 Å². The monoisotopic (exact) mass is 268 g/mol. The Hall–Kier alpha value is -1.78. The summed E-state index contributed by atoms with van der Waals surface area (Å²) in [4.78, 5) is 11.9. The molecule has 0 aliphatic rings. The highest BCUT2D eigenvalue weighted by Crippen LogP contribution is 2.23. The highest BCUT2D eigenvalue weighted by Gasteiger charge is 2.18. The Labute approximate surface area is 113 Å². The standard InChI is InChI=1S/C14H21FN2O2/c1-4-11(5-2)17-14(18)9(3)19-13-7-6-10(15)8-12(13)16/h6-9,11H,4-5,16H2,1-3H3,(H,17,18). The molecule has 4 nitrogen and oxygen atoms in total. The molecule has 0 aliphatic heterocycles. The van der Waals surface area contributed by atoms with Crippen molar-refractivity contribution in [3.63, 3.8) is 0 Å². The zero-order chi connectivity index (χ0) is 14.4. The average molecular weight is 268 g/mol. The van der Waals surface area contributed by atoms with Crippen LogP contribution in [-0.2, 0) is 4.79 Å². The molecular formula is C14H21FN2O2. The van der Waals surface area contributed by atoms with Crippen LogP contribution in [0.2, 0.25) is 0 Å². The van der Waals surface area contributed by atoms with Crippen molar-refractivity contribution in [2.75, 3.05) is 5.73 Å². The lowest BCUT2D eigenvalue weighted by atomic mass is 10.1. The van der Waals surface area contributed by atoms with E-state index in [0.29, 0.717) is 5.75 Å². The van der Waals surface area contributed by atoms with E-state index < -0.39 is 11.9 Å². The molecule has 106 valence electrons. The lowest BCUT2D eigenvalue weighted by Gasteiger charge is -2.20. The van der Waals surface area contributed by atoms with E-state index in [4.69, 9.17) is 10.5 Å². The number of nitrogen functional groups attached to an aromatic ring is 1. The first-order chi connectivity index (χ1) is 8.97. The minimum Gasteiger partial charge on any atom is -0.479 e. The zero-order valence-electron chi connectivity index (χ0n) is 11.6. The van der Waals surface area contributed by atoms with E-state index >= 15 is 0 Å². The summed E-state index contributed by atoms with van der Waals surface area (Å²) in [6, 6.07) is 3.98. The summed E-state index contributed by atoms with van der Waals surface area (Å²) in [7, 11) is 0. The zero-order valence-corrected chi connectivity index (χ0v) is 11.6. The molecule has 1 atom stereocenters. The topological polar surface area (TPSA) is 64.3 Å². The number of halogens is 1. The van der Waals surface area contributed by atoms with E-state index in [2.05, 4.69) is 5.32 Å². The highest BCUT2D eigenvalue weighted by molar-refractivity contribution is 5.81. The number of nitrogens with one attached hydrogen (secondary N) is 1. The van der Waals surface area contributed by atoms with Crippen LogP contribution in [0.4, 0.5) is 10.1 Å². The number of rotatable bonds is 6. The van der Waals surface area contributed by atoms with Gasteiger partial charge in [-0.1, -0.05) is 13.8 Å². The molecule has 0 aliphatic carbocycles. The van der Waals surface area contributed by atoms with Crippen molar-refractivity contribution in [3.8, 4) is 5.75 Å². The fraction of sp³-hybridized carbons (Fsp3) is 0.500. The van der Waals surface area contributed by atoms with Gasteiger partial charge in [-0.25, -0.2) is 4.39 Å². The molecule has 0 spiro atoms. The predicted molar refractivity (Wildman–Crippen MR) is 73.4 cm³/mol. The van der Waals surface area contributed by atoms with Crippen molar-refractivity contribution in [1.82, 2.24) is 5.32 Å². The molecule has 0 saturated carbocycles. The SMILES string of the molecule is CCC(CC)NC(=O)C(C)Oc1ccc(F)cc1N. The van der Waals surface area contributed by atoms with Crippen LogP contribution in [0.15, 0.2) is 18.2 Å². The van der Waals surface area contributed by atoms with Crippen LogP contribution in [-0.4, -0.2) is 18.1 Å². The normalized spacial score (nSPS) is 12.3. The molecule has 0 fully saturated rings. The number of carbonyl (C=O) groups is 1. The third-order valence-corrected chi connectivity index (χ3v) is 2.98. The van der Waals surface area contributed by atoms with Crippen molar-refractivity contribution >= 4 is 11.6 Å². The molecular weight excluding hydrogens is 247 g/mol. The maximum Gasteiger partial charge on any atom is 0.260 e. The van der Waals surface area contributed by atoms with Crippen molar-refractivity contribution in [3.05, 3.63) is 24.0 Å². The van der Waals surface area contributed by atoms with Crippen LogP contribution >= 0.6 is 0 Å². The van der Waals surface area contributed by atoms with E-state index in [0.717, 1.165) is 12.8 Å². The van der Waals surface area contributed by atoms with Gasteiger partial charge in [0.1, 0.15) is 11.6 Å². The minimum atomic E-state index is -0.673. The molecule has 0 heterocycles. The summed E-state index contributed by atoms with van der Waals surface area (Å²) in [5.74, 6) is -0.315. The maximum atomic E-state index is 12.9. The number of anilines is 1. The third kappa shape index (κ3) is 4.43. The molecule has 1 aromatic carbocycles. The molecule has 1 amide bonds. The van der Waals surface area contributed by atoms with Crippen LogP contribution in [0.3, 0.4) is 0 Å². The Morgan fingerprint density at radius 2 is 2.05 bits per heavy atom. The van der Waals surface area contributed by atoms with E-state index in [-0.39, 0.29) is 17.6 Å². The summed E-state index contributed by atoms with van der Waals surface area (Å²) in [5, 5.41) is 2.89. The van der Waals surface area contributed by atoms with Gasteiger partial charge in [-0.15, -0.1) is 0 Å². The number of carbonyl (C=O) groups excluding carboxylic acids is 1. The van der Waals surface area contributed by atoms with Gasteiger partial charge in [0.05, 0.1) is 5.69 Å². The molecule has 5 heteroatoms. The Balaban J connectivity index is 2.63. The van der Waals surface area contributed by atoms with Gasteiger partial charge in [0.15, 0.2) is 6.10 Å². The van der Waals surface area contributed by atoms with Gasteiger partial charge < -0.3 is 15.8 Å². The summed E-state index contributed by atoms with van der Waals surface area (Å²) < 4.78 is 18.3. The van der Waals surface area contributed by atoms with Crippen LogP contribution in [0.1, 0.15) is 33.6 Å². The Kier molecular flexibility index (Phi) is 5.60. The smallest absolute Gasteiger partial charge is 0.260 e. The Morgan fingerprint density at radius 1 is 1.42 bits per heavy atom. The summed E-state index contributed by atoms with van der Waals surface area (Å²) in [5.41, 5.74) is 5.81. The van der Waals surface area contributed by atoms with Crippen molar-refractivity contribution in [2.45, 2.75) is 45.8 Å². The van der Waals surface area contributed by atoms with E-state index in [1.807, 2.05) is 13.8 Å². The lowest BCUT2D eigenvalue weighted by Crippen LogP contribution is -2.42. The van der Waals surface area contributed by atoms with E-state index in [1.54, 1.807) is 6.92 Å². The summed E-state index contributed by atoms with van der Waals surface area (Å²) >= 11 is 0. The molecule has 0 aromatic heterocycles. The number of amides is 1. The second-order valence-corrected chi connectivity index (χ2v) is 4.46. The Bertz CT molecular complexity index is 433. The highest BCUT2D eigenvalue weighted by atomic mass is 19.1. The molecule has 1 unspecified atom stereocenters. The number of hydrogen-bond acceptors (Lipinski definition) is 3. The van der Waals surface area contributed by atoms with E-state index in [9.17, 15) is 9.18 Å². The van der Waals surface area contributed by atoms with Crippen molar-refractivity contribution in [2.24, 2.45) is 0 Å². The van der Waals surface area contributed by atoms with Crippen LogP contribution in [0.5, 0.6) is 5.75 Å². The van der Waals surface area contributed by atoms with Crippen molar-refractivity contribution < 1.29 is 13.9 Å². The molecule has 0 bridgehead atoms. The van der Waals surface area contributed by atoms with Gasteiger partial charge in [-0.05, 0) is 31.9 Å².